The Morgan fingerprint density at radius 2 is 1.30 bits per heavy atom. The van der Waals surface area contributed by atoms with Crippen molar-refractivity contribution in [3.8, 4) is 0 Å². The second-order valence-corrected chi connectivity index (χ2v) is 11.9. The maximum atomic E-state index is 12.7. The lowest BCUT2D eigenvalue weighted by molar-refractivity contribution is -0.333. The van der Waals surface area contributed by atoms with E-state index in [1.54, 1.807) is 0 Å². The summed E-state index contributed by atoms with van der Waals surface area (Å²) in [5, 5.41) is 98.4. The Balaban J connectivity index is 1.82. The average molecular weight is 687 g/mol. The van der Waals surface area contributed by atoms with Crippen molar-refractivity contribution in [1.29, 1.82) is 0 Å². The number of ether oxygens (including phenoxy) is 4. The summed E-state index contributed by atoms with van der Waals surface area (Å²) < 4.78 is 22.8. The molecule has 2 heterocycles. The minimum atomic E-state index is -1.89. The van der Waals surface area contributed by atoms with Crippen molar-refractivity contribution in [2.45, 2.75) is 123 Å². The van der Waals surface area contributed by atoms with Gasteiger partial charge in [-0.1, -0.05) is 0 Å². The number of hydrogen-bond donors (Lipinski definition) is 15. The van der Waals surface area contributed by atoms with Crippen LogP contribution in [0.4, 0.5) is 0 Å². The van der Waals surface area contributed by atoms with Crippen molar-refractivity contribution >= 4 is 11.8 Å². The van der Waals surface area contributed by atoms with Gasteiger partial charge in [0.1, 0.15) is 73.2 Å². The van der Waals surface area contributed by atoms with Gasteiger partial charge in [-0.3, -0.25) is 9.59 Å². The summed E-state index contributed by atoms with van der Waals surface area (Å²) in [6.45, 7) is -1.15. The van der Waals surface area contributed by atoms with Crippen LogP contribution in [0.15, 0.2) is 0 Å². The van der Waals surface area contributed by atoms with Gasteiger partial charge in [-0.25, -0.2) is 0 Å². The molecule has 1 aliphatic carbocycles. The van der Waals surface area contributed by atoms with Crippen LogP contribution in [0.5, 0.6) is 0 Å². The van der Waals surface area contributed by atoms with E-state index in [4.69, 9.17) is 41.9 Å². The molecule has 47 heavy (non-hydrogen) atoms. The molecule has 2 aliphatic heterocycles. The summed E-state index contributed by atoms with van der Waals surface area (Å²) in [6.07, 6.45) is -22.9. The Hall–Kier alpha value is -1.74. The van der Waals surface area contributed by atoms with Crippen molar-refractivity contribution in [2.24, 2.45) is 22.9 Å². The molecule has 0 bridgehead atoms. The lowest BCUT2D eigenvalue weighted by Gasteiger charge is -2.49. The van der Waals surface area contributed by atoms with Gasteiger partial charge in [-0.15, -0.1) is 0 Å². The van der Waals surface area contributed by atoms with Crippen LogP contribution in [0.1, 0.15) is 19.3 Å². The molecule has 0 aromatic heterocycles. The average Bonchev–Trinajstić information content (AvgIpc) is 3.03. The highest BCUT2D eigenvalue weighted by Gasteiger charge is 2.52. The molecular weight excluding hydrogens is 636 g/mol. The van der Waals surface area contributed by atoms with Crippen LogP contribution in [0.25, 0.3) is 0 Å². The standard InChI is InChI=1S/C26H50N6O15/c27-3-1-10(34)23(42)31-6-12-16(37)18(39)19(40)26(44-12)46-21-8(29)5-9(32-24(43)11(35)2-4-28)22(20(21)41)47-25-17(38)14(30)15(36)13(7-33)45-25/h8-22,25-26,33-41H,1-7,27-30H2,(H,31,42)(H,32,43)/t8-,9+,10-,11-,12?,13?,14-,15+,16+,17?,18?,19?,20?,21?,22-,25+,26+/m0/s1. The molecule has 21 heteroatoms. The Morgan fingerprint density at radius 3 is 1.89 bits per heavy atom. The zero-order valence-electron chi connectivity index (χ0n) is 25.5. The van der Waals surface area contributed by atoms with E-state index in [0.717, 1.165) is 0 Å². The highest BCUT2D eigenvalue weighted by Crippen LogP contribution is 2.32. The number of nitrogens with two attached hydrogens (primary N) is 4. The predicted molar refractivity (Wildman–Crippen MR) is 155 cm³/mol. The Kier molecular flexibility index (Phi) is 15.0. The molecule has 3 aliphatic rings. The van der Waals surface area contributed by atoms with Crippen molar-refractivity contribution in [3.05, 3.63) is 0 Å². The maximum Gasteiger partial charge on any atom is 0.249 e. The second-order valence-electron chi connectivity index (χ2n) is 11.9. The molecule has 19 N–H and O–H groups in total. The molecule has 1 saturated carbocycles. The Labute approximate surface area is 269 Å². The van der Waals surface area contributed by atoms with Crippen LogP contribution >= 0.6 is 0 Å². The normalized spacial score (nSPS) is 42.4. The molecule has 7 unspecified atom stereocenters. The number of carbonyl (C=O) groups excluding carboxylic acids is 2. The monoisotopic (exact) mass is 686 g/mol. The fraction of sp³-hybridized carbons (Fsp3) is 0.923. The van der Waals surface area contributed by atoms with Crippen molar-refractivity contribution in [3.63, 3.8) is 0 Å². The SMILES string of the molecule is NCC[C@H](O)C(=O)NCC1O[C@H](OC2C(O)[C@@H](O[C@H]3OC(CO)[C@@H](O)[C@H](N)C3O)[C@H](NC(=O)[C@@H](O)CCN)C[C@@H]2N)C(O)C(O)[C@@H]1O. The third kappa shape index (κ3) is 9.49. The molecule has 0 radical (unpaired) electrons. The number of nitrogens with one attached hydrogen (secondary N) is 2. The van der Waals surface area contributed by atoms with Gasteiger partial charge < -0.3 is 98.5 Å². The molecule has 3 rings (SSSR count). The largest absolute Gasteiger partial charge is 0.394 e. The Bertz CT molecular complexity index is 1000. The van der Waals surface area contributed by atoms with Crippen LogP contribution in [-0.2, 0) is 28.5 Å². The van der Waals surface area contributed by atoms with E-state index in [1.807, 2.05) is 0 Å². The third-order valence-corrected chi connectivity index (χ3v) is 8.50. The van der Waals surface area contributed by atoms with Gasteiger partial charge >= 0.3 is 0 Å². The zero-order valence-corrected chi connectivity index (χ0v) is 25.5. The number of rotatable bonds is 14. The van der Waals surface area contributed by atoms with Gasteiger partial charge in [0.15, 0.2) is 12.6 Å². The van der Waals surface area contributed by atoms with Gasteiger partial charge in [0.05, 0.1) is 18.7 Å². The van der Waals surface area contributed by atoms with Gasteiger partial charge in [-0.05, 0) is 32.4 Å². The first kappa shape index (κ1) is 39.7. The molecule has 0 aromatic rings. The van der Waals surface area contributed by atoms with Crippen molar-refractivity contribution in [2.75, 3.05) is 26.2 Å². The first-order valence-corrected chi connectivity index (χ1v) is 15.3. The van der Waals surface area contributed by atoms with Gasteiger partial charge in [-0.2, -0.15) is 0 Å². The molecule has 21 nitrogen and oxygen atoms in total. The molecule has 0 aromatic carbocycles. The molecule has 17 atom stereocenters. The second kappa shape index (κ2) is 17.8. The first-order chi connectivity index (χ1) is 22.2. The molecule has 3 fully saturated rings. The minimum absolute atomic E-state index is 0.0219. The number of amides is 2. The molecular formula is C26H50N6O15. The summed E-state index contributed by atoms with van der Waals surface area (Å²) in [6, 6.07) is -3.66. The third-order valence-electron chi connectivity index (χ3n) is 8.50. The predicted octanol–water partition coefficient (Wildman–Crippen LogP) is -9.56. The molecule has 274 valence electrons. The van der Waals surface area contributed by atoms with E-state index < -0.39 is 129 Å². The van der Waals surface area contributed by atoms with Crippen molar-refractivity contribution in [1.82, 2.24) is 10.6 Å². The highest BCUT2D eigenvalue weighted by molar-refractivity contribution is 5.81. The highest BCUT2D eigenvalue weighted by atomic mass is 16.7. The van der Waals surface area contributed by atoms with Gasteiger partial charge in [0.2, 0.25) is 11.8 Å². The van der Waals surface area contributed by atoms with E-state index >= 15 is 0 Å². The first-order valence-electron chi connectivity index (χ1n) is 15.3. The molecule has 0 spiro atoms. The van der Waals surface area contributed by atoms with E-state index in [0.29, 0.717) is 0 Å². The summed E-state index contributed by atoms with van der Waals surface area (Å²) >= 11 is 0. The number of carbonyl (C=O) groups is 2. The smallest absolute Gasteiger partial charge is 0.249 e. The molecule has 2 amide bonds. The lowest BCUT2D eigenvalue weighted by atomic mass is 9.83. The fourth-order valence-corrected chi connectivity index (χ4v) is 5.65. The van der Waals surface area contributed by atoms with E-state index in [2.05, 4.69) is 10.6 Å². The zero-order chi connectivity index (χ0) is 35.2. The van der Waals surface area contributed by atoms with Crippen LogP contribution in [0.3, 0.4) is 0 Å². The van der Waals surface area contributed by atoms with E-state index in [1.165, 1.54) is 0 Å². The number of aliphatic hydroxyl groups excluding tert-OH is 9. The summed E-state index contributed by atoms with van der Waals surface area (Å²) in [4.78, 5) is 24.8. The van der Waals surface area contributed by atoms with Crippen LogP contribution in [0, 0.1) is 0 Å². The minimum Gasteiger partial charge on any atom is -0.394 e. The maximum absolute atomic E-state index is 12.7. The van der Waals surface area contributed by atoms with Crippen LogP contribution < -0.4 is 33.6 Å². The number of aliphatic hydroxyl groups is 9. The number of hydrogen-bond acceptors (Lipinski definition) is 19. The van der Waals surface area contributed by atoms with Crippen LogP contribution in [0.2, 0.25) is 0 Å². The fourth-order valence-electron chi connectivity index (χ4n) is 5.65. The van der Waals surface area contributed by atoms with Gasteiger partial charge in [0.25, 0.3) is 0 Å². The lowest BCUT2D eigenvalue weighted by Crippen LogP contribution is -2.69. The Morgan fingerprint density at radius 1 is 0.745 bits per heavy atom. The van der Waals surface area contributed by atoms with E-state index in [9.17, 15) is 55.5 Å². The topological polar surface area (TPSA) is 381 Å². The van der Waals surface area contributed by atoms with Gasteiger partial charge in [0, 0.05) is 12.6 Å². The quantitative estimate of drug-likeness (QED) is 0.0806. The summed E-state index contributed by atoms with van der Waals surface area (Å²) in [5.41, 5.74) is 23.0. The summed E-state index contributed by atoms with van der Waals surface area (Å²) in [7, 11) is 0. The summed E-state index contributed by atoms with van der Waals surface area (Å²) in [5.74, 6) is -1.72. The van der Waals surface area contributed by atoms with Crippen LogP contribution in [-0.4, -0.2) is 188 Å². The molecule has 2 saturated heterocycles. The van der Waals surface area contributed by atoms with Crippen molar-refractivity contribution < 1.29 is 74.5 Å². The van der Waals surface area contributed by atoms with E-state index in [-0.39, 0.29) is 32.4 Å².